The fourth-order valence-electron chi connectivity index (χ4n) is 1.83. The van der Waals surface area contributed by atoms with Gasteiger partial charge in [0.25, 0.3) is 0 Å². The number of halogens is 1. The van der Waals surface area contributed by atoms with E-state index in [0.29, 0.717) is 0 Å². The Morgan fingerprint density at radius 2 is 1.64 bits per heavy atom. The fraction of sp³-hybridized carbons (Fsp3) is 0.250. The van der Waals surface area contributed by atoms with Crippen LogP contribution in [0.1, 0.15) is 19.4 Å². The van der Waals surface area contributed by atoms with E-state index < -0.39 is 15.8 Å². The van der Waals surface area contributed by atoms with Gasteiger partial charge in [0.15, 0.2) is 0 Å². The Labute approximate surface area is 130 Å². The van der Waals surface area contributed by atoms with Gasteiger partial charge in [0.05, 0.1) is 11.0 Å². The molecule has 2 rings (SSSR count). The number of hydrogen-bond donors (Lipinski definition) is 1. The molecule has 0 amide bonds. The third kappa shape index (κ3) is 4.54. The molecule has 0 radical (unpaired) electrons. The van der Waals surface area contributed by atoms with Crippen molar-refractivity contribution < 1.29 is 17.5 Å². The van der Waals surface area contributed by atoms with Crippen LogP contribution >= 0.6 is 0 Å². The summed E-state index contributed by atoms with van der Waals surface area (Å²) < 4.78 is 45.0. The molecule has 0 saturated carbocycles. The molecule has 0 aromatic heterocycles. The van der Waals surface area contributed by atoms with Crippen LogP contribution in [0, 0.1) is 5.82 Å². The Balaban J connectivity index is 2.01. The molecule has 118 valence electrons. The molecule has 0 unspecified atom stereocenters. The van der Waals surface area contributed by atoms with Crippen LogP contribution < -0.4 is 9.46 Å². The first-order valence-electron chi connectivity index (χ1n) is 6.87. The SMILES string of the molecule is CC(C)Oc1ccc(CNS(=O)(=O)c2ccc(F)cc2)cc1. The summed E-state index contributed by atoms with van der Waals surface area (Å²) in [7, 11) is -3.65. The number of ether oxygens (including phenoxy) is 1. The summed E-state index contributed by atoms with van der Waals surface area (Å²) in [6.45, 7) is 4.02. The van der Waals surface area contributed by atoms with Crippen molar-refractivity contribution in [3.8, 4) is 5.75 Å². The standard InChI is InChI=1S/C16H18FNO3S/c1-12(2)21-15-7-3-13(4-8-15)11-18-22(19,20)16-9-5-14(17)6-10-16/h3-10,12,18H,11H2,1-2H3. The van der Waals surface area contributed by atoms with Gasteiger partial charge in [-0.3, -0.25) is 0 Å². The highest BCUT2D eigenvalue weighted by molar-refractivity contribution is 7.89. The summed E-state index contributed by atoms with van der Waals surface area (Å²) in [5, 5.41) is 0. The van der Waals surface area contributed by atoms with Gasteiger partial charge in [0, 0.05) is 6.54 Å². The van der Waals surface area contributed by atoms with E-state index >= 15 is 0 Å². The van der Waals surface area contributed by atoms with Gasteiger partial charge in [-0.15, -0.1) is 0 Å². The van der Waals surface area contributed by atoms with Crippen LogP contribution in [-0.2, 0) is 16.6 Å². The molecule has 1 N–H and O–H groups in total. The van der Waals surface area contributed by atoms with Crippen molar-refractivity contribution in [2.24, 2.45) is 0 Å². The van der Waals surface area contributed by atoms with Gasteiger partial charge in [-0.2, -0.15) is 0 Å². The largest absolute Gasteiger partial charge is 0.491 e. The summed E-state index contributed by atoms with van der Waals surface area (Å²) in [5.41, 5.74) is 0.807. The van der Waals surface area contributed by atoms with Gasteiger partial charge in [-0.25, -0.2) is 17.5 Å². The Kier molecular flexibility index (Phi) is 5.15. The van der Waals surface area contributed by atoms with Gasteiger partial charge >= 0.3 is 0 Å². The van der Waals surface area contributed by atoms with Crippen molar-refractivity contribution >= 4 is 10.0 Å². The average molecular weight is 323 g/mol. The first kappa shape index (κ1) is 16.5. The monoisotopic (exact) mass is 323 g/mol. The first-order chi connectivity index (χ1) is 10.4. The smallest absolute Gasteiger partial charge is 0.240 e. The van der Waals surface area contributed by atoms with E-state index in [1.165, 1.54) is 12.1 Å². The maximum atomic E-state index is 12.8. The van der Waals surface area contributed by atoms with Crippen molar-refractivity contribution in [2.45, 2.75) is 31.4 Å². The van der Waals surface area contributed by atoms with Gasteiger partial charge < -0.3 is 4.74 Å². The molecule has 2 aromatic carbocycles. The Morgan fingerprint density at radius 1 is 1.05 bits per heavy atom. The Morgan fingerprint density at radius 3 is 2.18 bits per heavy atom. The van der Waals surface area contributed by atoms with Crippen molar-refractivity contribution in [2.75, 3.05) is 0 Å². The molecular weight excluding hydrogens is 305 g/mol. The maximum absolute atomic E-state index is 12.8. The zero-order chi connectivity index (χ0) is 16.2. The van der Waals surface area contributed by atoms with Crippen LogP contribution in [0.15, 0.2) is 53.4 Å². The predicted molar refractivity (Wildman–Crippen MR) is 82.6 cm³/mol. The fourth-order valence-corrected chi connectivity index (χ4v) is 2.85. The van der Waals surface area contributed by atoms with Gasteiger partial charge in [0.1, 0.15) is 11.6 Å². The topological polar surface area (TPSA) is 55.4 Å². The van der Waals surface area contributed by atoms with E-state index in [1.807, 2.05) is 13.8 Å². The normalized spacial score (nSPS) is 11.6. The van der Waals surface area contributed by atoms with Crippen LogP contribution in [0.3, 0.4) is 0 Å². The van der Waals surface area contributed by atoms with E-state index in [9.17, 15) is 12.8 Å². The number of hydrogen-bond acceptors (Lipinski definition) is 3. The molecule has 0 bridgehead atoms. The molecule has 22 heavy (non-hydrogen) atoms. The summed E-state index contributed by atoms with van der Waals surface area (Å²) in [4.78, 5) is 0.0358. The van der Waals surface area contributed by atoms with Crippen LogP contribution in [0.5, 0.6) is 5.75 Å². The van der Waals surface area contributed by atoms with Crippen molar-refractivity contribution in [1.82, 2.24) is 4.72 Å². The highest BCUT2D eigenvalue weighted by atomic mass is 32.2. The summed E-state index contributed by atoms with van der Waals surface area (Å²) in [6.07, 6.45) is 0.0860. The number of nitrogens with one attached hydrogen (secondary N) is 1. The van der Waals surface area contributed by atoms with Gasteiger partial charge in [-0.05, 0) is 55.8 Å². The zero-order valence-electron chi connectivity index (χ0n) is 12.4. The first-order valence-corrected chi connectivity index (χ1v) is 8.36. The Hall–Kier alpha value is -1.92. The molecule has 0 aliphatic heterocycles. The number of rotatable bonds is 6. The van der Waals surface area contributed by atoms with Crippen LogP contribution in [0.4, 0.5) is 4.39 Å². The van der Waals surface area contributed by atoms with Crippen LogP contribution in [-0.4, -0.2) is 14.5 Å². The molecule has 0 aliphatic carbocycles. The number of benzene rings is 2. The average Bonchev–Trinajstić information content (AvgIpc) is 2.46. The van der Waals surface area contributed by atoms with E-state index in [-0.39, 0.29) is 17.5 Å². The molecule has 2 aromatic rings. The zero-order valence-corrected chi connectivity index (χ0v) is 13.2. The highest BCUT2D eigenvalue weighted by Crippen LogP contribution is 2.15. The highest BCUT2D eigenvalue weighted by Gasteiger charge is 2.13. The summed E-state index contributed by atoms with van der Waals surface area (Å²) in [6, 6.07) is 11.9. The lowest BCUT2D eigenvalue weighted by Gasteiger charge is -2.10. The molecule has 6 heteroatoms. The molecule has 0 aliphatic rings. The summed E-state index contributed by atoms with van der Waals surface area (Å²) >= 11 is 0. The molecule has 0 spiro atoms. The molecular formula is C16H18FNO3S. The van der Waals surface area contributed by atoms with Crippen molar-refractivity contribution in [3.63, 3.8) is 0 Å². The summed E-state index contributed by atoms with van der Waals surface area (Å²) in [5.74, 6) is 0.264. The second-order valence-electron chi connectivity index (χ2n) is 5.09. The van der Waals surface area contributed by atoms with Gasteiger partial charge in [-0.1, -0.05) is 12.1 Å². The minimum atomic E-state index is -3.65. The molecule has 0 heterocycles. The molecule has 4 nitrogen and oxygen atoms in total. The lowest BCUT2D eigenvalue weighted by molar-refractivity contribution is 0.242. The van der Waals surface area contributed by atoms with E-state index in [0.717, 1.165) is 23.4 Å². The van der Waals surface area contributed by atoms with E-state index in [4.69, 9.17) is 4.74 Å². The van der Waals surface area contributed by atoms with E-state index in [1.54, 1.807) is 24.3 Å². The quantitative estimate of drug-likeness (QED) is 0.889. The maximum Gasteiger partial charge on any atom is 0.240 e. The minimum Gasteiger partial charge on any atom is -0.491 e. The lowest BCUT2D eigenvalue weighted by Crippen LogP contribution is -2.23. The predicted octanol–water partition coefficient (Wildman–Crippen LogP) is 3.09. The van der Waals surface area contributed by atoms with Gasteiger partial charge in [0.2, 0.25) is 10.0 Å². The third-order valence-electron chi connectivity index (χ3n) is 2.89. The number of sulfonamides is 1. The molecule has 0 atom stereocenters. The molecule has 0 fully saturated rings. The second-order valence-corrected chi connectivity index (χ2v) is 6.86. The van der Waals surface area contributed by atoms with E-state index in [2.05, 4.69) is 4.72 Å². The second kappa shape index (κ2) is 6.89. The van der Waals surface area contributed by atoms with Crippen LogP contribution in [0.25, 0.3) is 0 Å². The van der Waals surface area contributed by atoms with Crippen LogP contribution in [0.2, 0.25) is 0 Å². The minimum absolute atomic E-state index is 0.0358. The van der Waals surface area contributed by atoms with Crippen molar-refractivity contribution in [3.05, 3.63) is 59.9 Å². The lowest BCUT2D eigenvalue weighted by atomic mass is 10.2. The van der Waals surface area contributed by atoms with Crippen molar-refractivity contribution in [1.29, 1.82) is 0 Å². The Bertz CT molecular complexity index is 710. The molecule has 0 saturated heterocycles. The third-order valence-corrected chi connectivity index (χ3v) is 4.30.